The van der Waals surface area contributed by atoms with Gasteiger partial charge in [-0.2, -0.15) is 0 Å². The molecule has 3 amide bonds. The van der Waals surface area contributed by atoms with Crippen molar-refractivity contribution < 1.29 is 9.59 Å². The van der Waals surface area contributed by atoms with Gasteiger partial charge in [0.1, 0.15) is 0 Å². The lowest BCUT2D eigenvalue weighted by atomic mass is 10.0. The maximum atomic E-state index is 11.1. The minimum absolute atomic E-state index is 0.131. The van der Waals surface area contributed by atoms with E-state index in [-0.39, 0.29) is 12.5 Å². The predicted octanol–water partition coefficient (Wildman–Crippen LogP) is 0.453. The first kappa shape index (κ1) is 13.0. The molecule has 4 N–H and O–H groups in total. The van der Waals surface area contributed by atoms with E-state index in [1.165, 1.54) is 0 Å². The van der Waals surface area contributed by atoms with Gasteiger partial charge in [-0.15, -0.1) is 0 Å². The topological polar surface area (TPSA) is 84.2 Å². The Balaban J connectivity index is 2.23. The van der Waals surface area contributed by atoms with Crippen molar-refractivity contribution in [2.75, 3.05) is 13.1 Å². The fraction of sp³-hybridized carbons (Fsp3) is 0.818. The lowest BCUT2D eigenvalue weighted by molar-refractivity contribution is -0.119. The first-order valence-corrected chi connectivity index (χ1v) is 5.49. The standard InChI is InChI=1S/C11H21N3O2/c1-10(2)7(11(10,3)4)5-13-6-8(15)14-9(12)16/h7,13H,5-6H2,1-4H3,(H3,12,14,15,16). The molecule has 0 aromatic heterocycles. The number of carbonyl (C=O) groups is 2. The number of carbonyl (C=O) groups excluding carboxylic acids is 2. The molecule has 16 heavy (non-hydrogen) atoms. The Morgan fingerprint density at radius 1 is 1.19 bits per heavy atom. The number of hydrogen-bond donors (Lipinski definition) is 3. The SMILES string of the molecule is CC1(C)C(CNCC(=O)NC(N)=O)C1(C)C. The highest BCUT2D eigenvalue weighted by Crippen LogP contribution is 2.67. The van der Waals surface area contributed by atoms with E-state index in [0.717, 1.165) is 6.54 Å². The van der Waals surface area contributed by atoms with Crippen molar-refractivity contribution in [2.24, 2.45) is 22.5 Å². The van der Waals surface area contributed by atoms with E-state index in [0.29, 0.717) is 16.7 Å². The molecular formula is C11H21N3O2. The predicted molar refractivity (Wildman–Crippen MR) is 61.6 cm³/mol. The molecule has 1 saturated carbocycles. The lowest BCUT2D eigenvalue weighted by Gasteiger charge is -2.05. The van der Waals surface area contributed by atoms with E-state index in [9.17, 15) is 9.59 Å². The van der Waals surface area contributed by atoms with Crippen molar-refractivity contribution in [2.45, 2.75) is 27.7 Å². The van der Waals surface area contributed by atoms with Gasteiger partial charge in [-0.25, -0.2) is 4.79 Å². The molecule has 0 aromatic carbocycles. The van der Waals surface area contributed by atoms with E-state index < -0.39 is 6.03 Å². The third-order valence-electron chi connectivity index (χ3n) is 4.22. The Kier molecular flexibility index (Phi) is 3.28. The molecule has 1 rings (SSSR count). The zero-order valence-corrected chi connectivity index (χ0v) is 10.4. The van der Waals surface area contributed by atoms with Gasteiger partial charge in [0, 0.05) is 0 Å². The number of nitrogens with one attached hydrogen (secondary N) is 2. The summed E-state index contributed by atoms with van der Waals surface area (Å²) in [5.74, 6) is 0.171. The van der Waals surface area contributed by atoms with Crippen molar-refractivity contribution in [3.05, 3.63) is 0 Å². The molecule has 0 heterocycles. The van der Waals surface area contributed by atoms with Gasteiger partial charge in [-0.05, 0) is 23.3 Å². The van der Waals surface area contributed by atoms with Crippen molar-refractivity contribution in [3.63, 3.8) is 0 Å². The van der Waals surface area contributed by atoms with Crippen LogP contribution < -0.4 is 16.4 Å². The number of hydrogen-bond acceptors (Lipinski definition) is 3. The van der Waals surface area contributed by atoms with Crippen LogP contribution in [0.15, 0.2) is 0 Å². The van der Waals surface area contributed by atoms with Crippen LogP contribution in [0.1, 0.15) is 27.7 Å². The van der Waals surface area contributed by atoms with Gasteiger partial charge in [0.15, 0.2) is 0 Å². The number of primary amides is 1. The first-order valence-electron chi connectivity index (χ1n) is 5.49. The fourth-order valence-corrected chi connectivity index (χ4v) is 2.36. The molecule has 0 spiro atoms. The second kappa shape index (κ2) is 4.05. The van der Waals surface area contributed by atoms with E-state index in [2.05, 4.69) is 33.0 Å². The average Bonchev–Trinajstić information content (AvgIpc) is 2.45. The van der Waals surface area contributed by atoms with Gasteiger partial charge in [0.05, 0.1) is 6.54 Å². The summed E-state index contributed by atoms with van der Waals surface area (Å²) < 4.78 is 0. The van der Waals surface area contributed by atoms with E-state index in [4.69, 9.17) is 5.73 Å². The summed E-state index contributed by atoms with van der Waals surface area (Å²) in [5.41, 5.74) is 5.44. The molecule has 0 unspecified atom stereocenters. The summed E-state index contributed by atoms with van der Waals surface area (Å²) in [6, 6.07) is -0.807. The maximum absolute atomic E-state index is 11.1. The summed E-state index contributed by atoms with van der Waals surface area (Å²) in [6.07, 6.45) is 0. The fourth-order valence-electron chi connectivity index (χ4n) is 2.36. The summed E-state index contributed by atoms with van der Waals surface area (Å²) in [7, 11) is 0. The molecule has 1 aliphatic rings. The van der Waals surface area contributed by atoms with Crippen LogP contribution in [0.4, 0.5) is 4.79 Å². The summed E-state index contributed by atoms with van der Waals surface area (Å²) in [5, 5.41) is 5.06. The van der Waals surface area contributed by atoms with Crippen LogP contribution in [0.25, 0.3) is 0 Å². The number of rotatable bonds is 4. The highest BCUT2D eigenvalue weighted by molar-refractivity contribution is 5.94. The highest BCUT2D eigenvalue weighted by atomic mass is 16.2. The smallest absolute Gasteiger partial charge is 0.318 e. The molecule has 5 nitrogen and oxygen atoms in total. The summed E-state index contributed by atoms with van der Waals surface area (Å²) in [6.45, 7) is 9.81. The van der Waals surface area contributed by atoms with E-state index in [1.807, 2.05) is 5.32 Å². The van der Waals surface area contributed by atoms with Gasteiger partial charge >= 0.3 is 6.03 Å². The van der Waals surface area contributed by atoms with Gasteiger partial charge in [-0.3, -0.25) is 10.1 Å². The normalized spacial score (nSPS) is 21.5. The van der Waals surface area contributed by atoms with Crippen LogP contribution in [0.2, 0.25) is 0 Å². The van der Waals surface area contributed by atoms with Crippen LogP contribution in [0.5, 0.6) is 0 Å². The number of nitrogens with two attached hydrogens (primary N) is 1. The molecule has 5 heteroatoms. The summed E-state index contributed by atoms with van der Waals surface area (Å²) >= 11 is 0. The van der Waals surface area contributed by atoms with Crippen LogP contribution >= 0.6 is 0 Å². The van der Waals surface area contributed by atoms with E-state index >= 15 is 0 Å². The van der Waals surface area contributed by atoms with E-state index in [1.54, 1.807) is 0 Å². The Morgan fingerprint density at radius 2 is 1.69 bits per heavy atom. The second-order valence-corrected chi connectivity index (χ2v) is 5.54. The molecule has 0 saturated heterocycles. The number of amides is 3. The number of imide groups is 1. The Morgan fingerprint density at radius 3 is 2.06 bits per heavy atom. The second-order valence-electron chi connectivity index (χ2n) is 5.54. The van der Waals surface area contributed by atoms with Crippen LogP contribution in [0, 0.1) is 16.7 Å². The lowest BCUT2D eigenvalue weighted by Crippen LogP contribution is -2.41. The highest BCUT2D eigenvalue weighted by Gasteiger charge is 2.63. The monoisotopic (exact) mass is 227 g/mol. The largest absolute Gasteiger partial charge is 0.351 e. The molecule has 0 atom stereocenters. The Hall–Kier alpha value is -1.10. The quantitative estimate of drug-likeness (QED) is 0.652. The van der Waals surface area contributed by atoms with Crippen molar-refractivity contribution in [1.82, 2.24) is 10.6 Å². The third kappa shape index (κ3) is 2.35. The third-order valence-corrected chi connectivity index (χ3v) is 4.22. The molecule has 0 radical (unpaired) electrons. The zero-order valence-electron chi connectivity index (χ0n) is 10.4. The van der Waals surface area contributed by atoms with Crippen LogP contribution in [-0.2, 0) is 4.79 Å². The van der Waals surface area contributed by atoms with Crippen molar-refractivity contribution in [3.8, 4) is 0 Å². The van der Waals surface area contributed by atoms with Gasteiger partial charge in [0.25, 0.3) is 0 Å². The molecule has 1 fully saturated rings. The van der Waals surface area contributed by atoms with Crippen molar-refractivity contribution in [1.29, 1.82) is 0 Å². The van der Waals surface area contributed by atoms with Crippen molar-refractivity contribution >= 4 is 11.9 Å². The molecule has 92 valence electrons. The molecule has 1 aliphatic carbocycles. The zero-order chi connectivity index (χ0) is 12.6. The Bertz CT molecular complexity index is 296. The molecule has 0 aliphatic heterocycles. The van der Waals surface area contributed by atoms with Crippen LogP contribution in [-0.4, -0.2) is 25.0 Å². The molecular weight excluding hydrogens is 206 g/mol. The van der Waals surface area contributed by atoms with Gasteiger partial charge in [-0.1, -0.05) is 27.7 Å². The minimum Gasteiger partial charge on any atom is -0.351 e. The van der Waals surface area contributed by atoms with Gasteiger partial charge < -0.3 is 11.1 Å². The maximum Gasteiger partial charge on any atom is 0.318 e. The summed E-state index contributed by atoms with van der Waals surface area (Å²) in [4.78, 5) is 21.5. The minimum atomic E-state index is -0.807. The Labute approximate surface area is 96.1 Å². The molecule has 0 bridgehead atoms. The van der Waals surface area contributed by atoms with Crippen LogP contribution in [0.3, 0.4) is 0 Å². The first-order chi connectivity index (χ1) is 7.19. The number of urea groups is 1. The molecule has 0 aromatic rings. The average molecular weight is 227 g/mol. The van der Waals surface area contributed by atoms with Gasteiger partial charge in [0.2, 0.25) is 5.91 Å².